The van der Waals surface area contributed by atoms with Gasteiger partial charge in [0.1, 0.15) is 5.69 Å². The second-order valence-electron chi connectivity index (χ2n) is 4.74. The Balaban J connectivity index is 2.28. The molecule has 1 heterocycles. The molecule has 2 N–H and O–H groups in total. The first-order valence-corrected chi connectivity index (χ1v) is 7.10. The average Bonchev–Trinajstić information content (AvgIpc) is 2.81. The molecule has 106 valence electrons. The number of nitrogens with two attached hydrogens (primary N) is 1. The lowest BCUT2D eigenvalue weighted by molar-refractivity contribution is 0.439. The molecule has 0 aliphatic carbocycles. The van der Waals surface area contributed by atoms with Crippen LogP contribution in [0.15, 0.2) is 47.0 Å². The number of nitrogens with zero attached hydrogens (tertiary/aromatic N) is 1. The van der Waals surface area contributed by atoms with Crippen LogP contribution in [0.2, 0.25) is 10.0 Å². The molecule has 0 atom stereocenters. The van der Waals surface area contributed by atoms with Gasteiger partial charge in [0.05, 0.1) is 15.6 Å². The van der Waals surface area contributed by atoms with Gasteiger partial charge in [-0.15, -0.1) is 0 Å². The molecule has 0 saturated carbocycles. The van der Waals surface area contributed by atoms with Gasteiger partial charge >= 0.3 is 0 Å². The summed E-state index contributed by atoms with van der Waals surface area (Å²) in [5.74, 6) is 0.196. The van der Waals surface area contributed by atoms with Gasteiger partial charge in [0.15, 0.2) is 0 Å². The Morgan fingerprint density at radius 3 is 2.33 bits per heavy atom. The third-order valence-corrected chi connectivity index (χ3v) is 3.85. The van der Waals surface area contributed by atoms with E-state index in [9.17, 15) is 0 Å². The van der Waals surface area contributed by atoms with E-state index in [0.717, 1.165) is 11.1 Å². The van der Waals surface area contributed by atoms with Gasteiger partial charge in [0, 0.05) is 11.1 Å². The molecule has 2 aromatic carbocycles. The first-order valence-electron chi connectivity index (χ1n) is 6.34. The van der Waals surface area contributed by atoms with Gasteiger partial charge in [0.2, 0.25) is 5.88 Å². The number of aryl methyl sites for hydroxylation is 1. The first-order chi connectivity index (χ1) is 10.1. The SMILES string of the molecule is Cc1cccc(-c2noc(N)c2-c2c(Cl)cccc2Cl)c1. The van der Waals surface area contributed by atoms with Crippen molar-refractivity contribution < 1.29 is 4.52 Å². The number of halogens is 2. The zero-order chi connectivity index (χ0) is 15.0. The second-order valence-corrected chi connectivity index (χ2v) is 5.55. The Morgan fingerprint density at radius 1 is 1.00 bits per heavy atom. The molecular formula is C16H12Cl2N2O. The van der Waals surface area contributed by atoms with Crippen molar-refractivity contribution in [2.75, 3.05) is 5.73 Å². The lowest BCUT2D eigenvalue weighted by Gasteiger charge is -2.07. The smallest absolute Gasteiger partial charge is 0.230 e. The second kappa shape index (κ2) is 5.43. The van der Waals surface area contributed by atoms with Gasteiger partial charge in [0.25, 0.3) is 0 Å². The van der Waals surface area contributed by atoms with Crippen LogP contribution in [-0.4, -0.2) is 5.16 Å². The quantitative estimate of drug-likeness (QED) is 0.706. The van der Waals surface area contributed by atoms with Crippen LogP contribution in [0, 0.1) is 6.92 Å². The highest BCUT2D eigenvalue weighted by molar-refractivity contribution is 6.39. The van der Waals surface area contributed by atoms with E-state index in [0.29, 0.717) is 26.9 Å². The highest BCUT2D eigenvalue weighted by atomic mass is 35.5. The Bertz CT molecular complexity index is 792. The van der Waals surface area contributed by atoms with Crippen molar-refractivity contribution in [1.82, 2.24) is 5.16 Å². The van der Waals surface area contributed by atoms with Gasteiger partial charge in [-0.25, -0.2) is 0 Å². The van der Waals surface area contributed by atoms with E-state index in [2.05, 4.69) is 5.16 Å². The van der Waals surface area contributed by atoms with E-state index >= 15 is 0 Å². The highest BCUT2D eigenvalue weighted by Crippen LogP contribution is 2.43. The Labute approximate surface area is 132 Å². The van der Waals surface area contributed by atoms with Crippen molar-refractivity contribution >= 4 is 29.1 Å². The topological polar surface area (TPSA) is 52.0 Å². The largest absolute Gasteiger partial charge is 0.367 e. The van der Waals surface area contributed by atoms with Crippen LogP contribution in [0.3, 0.4) is 0 Å². The molecule has 3 rings (SSSR count). The Hall–Kier alpha value is -1.97. The van der Waals surface area contributed by atoms with Gasteiger partial charge in [-0.05, 0) is 25.1 Å². The molecule has 3 aromatic rings. The van der Waals surface area contributed by atoms with E-state index in [4.69, 9.17) is 33.5 Å². The molecule has 0 saturated heterocycles. The maximum absolute atomic E-state index is 6.27. The summed E-state index contributed by atoms with van der Waals surface area (Å²) in [5.41, 5.74) is 9.85. The van der Waals surface area contributed by atoms with Crippen LogP contribution in [0.5, 0.6) is 0 Å². The molecular weight excluding hydrogens is 307 g/mol. The number of hydrogen-bond acceptors (Lipinski definition) is 3. The molecule has 0 aliphatic rings. The fourth-order valence-electron chi connectivity index (χ4n) is 2.27. The number of rotatable bonds is 2. The van der Waals surface area contributed by atoms with Crippen molar-refractivity contribution in [2.45, 2.75) is 6.92 Å². The molecule has 0 bridgehead atoms. The summed E-state index contributed by atoms with van der Waals surface area (Å²) < 4.78 is 5.16. The minimum atomic E-state index is 0.196. The van der Waals surface area contributed by atoms with E-state index in [1.54, 1.807) is 18.2 Å². The summed E-state index contributed by atoms with van der Waals surface area (Å²) in [6.07, 6.45) is 0. The maximum atomic E-state index is 6.27. The standard InChI is InChI=1S/C16H12Cl2N2O/c1-9-4-2-5-10(8-9)15-14(16(19)21-20-15)13-11(17)6-3-7-12(13)18/h2-8H,19H2,1H3. The first kappa shape index (κ1) is 14.0. The fourth-order valence-corrected chi connectivity index (χ4v) is 2.86. The van der Waals surface area contributed by atoms with Crippen LogP contribution in [-0.2, 0) is 0 Å². The van der Waals surface area contributed by atoms with Gasteiger partial charge in [-0.1, -0.05) is 58.2 Å². The van der Waals surface area contributed by atoms with Crippen molar-refractivity contribution in [3.8, 4) is 22.4 Å². The van der Waals surface area contributed by atoms with Gasteiger partial charge < -0.3 is 10.3 Å². The monoisotopic (exact) mass is 318 g/mol. The summed E-state index contributed by atoms with van der Waals surface area (Å²) in [6, 6.07) is 13.2. The molecule has 21 heavy (non-hydrogen) atoms. The third-order valence-electron chi connectivity index (χ3n) is 3.22. The summed E-state index contributed by atoms with van der Waals surface area (Å²) in [4.78, 5) is 0. The number of anilines is 1. The minimum Gasteiger partial charge on any atom is -0.367 e. The summed E-state index contributed by atoms with van der Waals surface area (Å²) in [7, 11) is 0. The molecule has 0 amide bonds. The average molecular weight is 319 g/mol. The number of benzene rings is 2. The molecule has 5 heteroatoms. The molecule has 0 radical (unpaired) electrons. The highest BCUT2D eigenvalue weighted by Gasteiger charge is 2.21. The Kier molecular flexibility index (Phi) is 3.62. The maximum Gasteiger partial charge on any atom is 0.230 e. The number of hydrogen-bond donors (Lipinski definition) is 1. The van der Waals surface area contributed by atoms with Crippen molar-refractivity contribution in [3.63, 3.8) is 0 Å². The van der Waals surface area contributed by atoms with E-state index in [1.807, 2.05) is 31.2 Å². The van der Waals surface area contributed by atoms with Crippen LogP contribution >= 0.6 is 23.2 Å². The van der Waals surface area contributed by atoms with E-state index < -0.39 is 0 Å². The molecule has 1 aromatic heterocycles. The van der Waals surface area contributed by atoms with Crippen LogP contribution in [0.25, 0.3) is 22.4 Å². The molecule has 0 spiro atoms. The van der Waals surface area contributed by atoms with E-state index in [1.165, 1.54) is 0 Å². The molecule has 0 fully saturated rings. The van der Waals surface area contributed by atoms with Crippen LogP contribution in [0.4, 0.5) is 5.88 Å². The van der Waals surface area contributed by atoms with Crippen molar-refractivity contribution in [3.05, 3.63) is 58.1 Å². The lowest BCUT2D eigenvalue weighted by atomic mass is 10.00. The van der Waals surface area contributed by atoms with Crippen molar-refractivity contribution in [1.29, 1.82) is 0 Å². The normalized spacial score (nSPS) is 10.8. The third kappa shape index (κ3) is 2.50. The Morgan fingerprint density at radius 2 is 1.67 bits per heavy atom. The zero-order valence-corrected chi connectivity index (χ0v) is 12.7. The van der Waals surface area contributed by atoms with E-state index in [-0.39, 0.29) is 5.88 Å². The number of nitrogen functional groups attached to an aromatic ring is 1. The van der Waals surface area contributed by atoms with Gasteiger partial charge in [-0.3, -0.25) is 0 Å². The predicted molar refractivity (Wildman–Crippen MR) is 86.5 cm³/mol. The van der Waals surface area contributed by atoms with Gasteiger partial charge in [-0.2, -0.15) is 0 Å². The summed E-state index contributed by atoms with van der Waals surface area (Å²) >= 11 is 12.5. The van der Waals surface area contributed by atoms with Crippen molar-refractivity contribution in [2.24, 2.45) is 0 Å². The number of aromatic nitrogens is 1. The van der Waals surface area contributed by atoms with Crippen LogP contribution < -0.4 is 5.73 Å². The molecule has 0 unspecified atom stereocenters. The fraction of sp³-hybridized carbons (Fsp3) is 0.0625. The molecule has 3 nitrogen and oxygen atoms in total. The molecule has 0 aliphatic heterocycles. The lowest BCUT2D eigenvalue weighted by Crippen LogP contribution is -1.90. The summed E-state index contributed by atoms with van der Waals surface area (Å²) in [5, 5.41) is 5.08. The van der Waals surface area contributed by atoms with Crippen LogP contribution in [0.1, 0.15) is 5.56 Å². The minimum absolute atomic E-state index is 0.196. The zero-order valence-electron chi connectivity index (χ0n) is 11.2. The predicted octanol–water partition coefficient (Wildman–Crippen LogP) is 5.21. The summed E-state index contributed by atoms with van der Waals surface area (Å²) in [6.45, 7) is 2.01.